The van der Waals surface area contributed by atoms with Crippen LogP contribution in [0.1, 0.15) is 31.4 Å². The van der Waals surface area contributed by atoms with Crippen molar-refractivity contribution in [2.24, 2.45) is 5.41 Å². The summed E-state index contributed by atoms with van der Waals surface area (Å²) in [7, 11) is 3.62. The molecule has 128 valence electrons. The second-order valence-electron chi connectivity index (χ2n) is 7.01. The molecule has 0 spiro atoms. The number of aromatic nitrogens is 1. The highest BCUT2D eigenvalue weighted by Gasteiger charge is 2.41. The fourth-order valence-corrected chi connectivity index (χ4v) is 3.73. The summed E-state index contributed by atoms with van der Waals surface area (Å²) in [5.74, 6) is -0.107. The Bertz CT molecular complexity index is 767. The maximum Gasteiger partial charge on any atom is 0.230 e. The van der Waals surface area contributed by atoms with Gasteiger partial charge in [-0.25, -0.2) is 4.39 Å². The molecule has 1 saturated carbocycles. The second-order valence-corrected chi connectivity index (χ2v) is 7.01. The minimum atomic E-state index is -0.361. The van der Waals surface area contributed by atoms with E-state index in [0.717, 1.165) is 48.0 Å². The Labute approximate surface area is 142 Å². The molecule has 0 aliphatic heterocycles. The molecule has 2 aromatic rings. The average molecular weight is 329 g/mol. The Morgan fingerprint density at radius 1 is 1.29 bits per heavy atom. The van der Waals surface area contributed by atoms with Crippen molar-refractivity contribution >= 4 is 22.5 Å². The van der Waals surface area contributed by atoms with Gasteiger partial charge in [0.2, 0.25) is 5.91 Å². The first-order valence-electron chi connectivity index (χ1n) is 8.44. The number of halogens is 1. The van der Waals surface area contributed by atoms with Crippen LogP contribution >= 0.6 is 0 Å². The predicted molar refractivity (Wildman–Crippen MR) is 94.5 cm³/mol. The van der Waals surface area contributed by atoms with E-state index < -0.39 is 0 Å². The summed E-state index contributed by atoms with van der Waals surface area (Å²) in [6.07, 6.45) is 3.94. The molecule has 1 aliphatic carbocycles. The van der Waals surface area contributed by atoms with Crippen molar-refractivity contribution in [2.75, 3.05) is 26.0 Å². The molecular weight excluding hydrogens is 305 g/mol. The number of hydrogen-bond donors (Lipinski definition) is 1. The molecule has 1 heterocycles. The Morgan fingerprint density at radius 3 is 2.67 bits per heavy atom. The molecule has 1 amide bonds. The van der Waals surface area contributed by atoms with Crippen molar-refractivity contribution in [3.63, 3.8) is 0 Å². The molecule has 0 saturated heterocycles. The first-order valence-corrected chi connectivity index (χ1v) is 8.44. The van der Waals surface area contributed by atoms with Gasteiger partial charge in [0.15, 0.2) is 0 Å². The summed E-state index contributed by atoms with van der Waals surface area (Å²) in [4.78, 5) is 18.8. The number of nitrogens with one attached hydrogen (secondary N) is 1. The lowest BCUT2D eigenvalue weighted by atomic mass is 9.84. The van der Waals surface area contributed by atoms with Crippen LogP contribution in [0, 0.1) is 18.2 Å². The van der Waals surface area contributed by atoms with Gasteiger partial charge in [-0.05, 0) is 44.0 Å². The number of anilines is 1. The highest BCUT2D eigenvalue weighted by molar-refractivity contribution is 5.92. The van der Waals surface area contributed by atoms with E-state index in [1.165, 1.54) is 12.1 Å². The molecule has 24 heavy (non-hydrogen) atoms. The van der Waals surface area contributed by atoms with E-state index in [2.05, 4.69) is 10.3 Å². The first kappa shape index (κ1) is 16.7. The van der Waals surface area contributed by atoms with Crippen LogP contribution in [0.5, 0.6) is 0 Å². The van der Waals surface area contributed by atoms with E-state index in [1.807, 2.05) is 27.1 Å². The minimum absolute atomic E-state index is 0.175. The number of carbonyl (C=O) groups is 1. The third-order valence-electron chi connectivity index (χ3n) is 4.94. The van der Waals surface area contributed by atoms with E-state index in [1.54, 1.807) is 11.0 Å². The van der Waals surface area contributed by atoms with E-state index >= 15 is 0 Å². The quantitative estimate of drug-likeness (QED) is 0.929. The lowest BCUT2D eigenvalue weighted by molar-refractivity contribution is -0.138. The highest BCUT2D eigenvalue weighted by Crippen LogP contribution is 2.40. The molecule has 1 aromatic carbocycles. The van der Waals surface area contributed by atoms with Crippen molar-refractivity contribution in [3.8, 4) is 0 Å². The highest BCUT2D eigenvalue weighted by atomic mass is 19.1. The van der Waals surface area contributed by atoms with Gasteiger partial charge < -0.3 is 10.2 Å². The molecule has 1 fully saturated rings. The molecule has 0 bridgehead atoms. The molecule has 1 aliphatic rings. The van der Waals surface area contributed by atoms with Gasteiger partial charge in [-0.2, -0.15) is 0 Å². The average Bonchev–Trinajstić information content (AvgIpc) is 3.02. The molecule has 3 rings (SSSR count). The lowest BCUT2D eigenvalue weighted by Crippen LogP contribution is -2.43. The molecule has 0 atom stereocenters. The number of carbonyl (C=O) groups excluding carboxylic acids is 1. The summed E-state index contributed by atoms with van der Waals surface area (Å²) < 4.78 is 13.7. The molecule has 0 radical (unpaired) electrons. The zero-order valence-electron chi connectivity index (χ0n) is 14.5. The Kier molecular flexibility index (Phi) is 4.43. The fourth-order valence-electron chi connectivity index (χ4n) is 3.73. The number of rotatable bonds is 4. The van der Waals surface area contributed by atoms with E-state index in [9.17, 15) is 9.18 Å². The van der Waals surface area contributed by atoms with E-state index in [-0.39, 0.29) is 17.1 Å². The standard InChI is InChI=1S/C19H24FN3O/c1-13-10-17(15-11-14(20)6-7-16(15)22-13)21-12-19(8-4-5-9-19)18(24)23(2)3/h6-7,10-11H,4-5,8-9,12H2,1-3H3,(H,21,22). The maximum absolute atomic E-state index is 13.7. The van der Waals surface area contributed by atoms with Gasteiger partial charge in [0, 0.05) is 37.4 Å². The maximum atomic E-state index is 13.7. The number of benzene rings is 1. The van der Waals surface area contributed by atoms with Crippen LogP contribution in [0.2, 0.25) is 0 Å². The van der Waals surface area contributed by atoms with Gasteiger partial charge in [-0.1, -0.05) is 12.8 Å². The number of fused-ring (bicyclic) bond motifs is 1. The molecule has 1 aromatic heterocycles. The van der Waals surface area contributed by atoms with Gasteiger partial charge in [0.25, 0.3) is 0 Å². The Hall–Kier alpha value is -2.17. The van der Waals surface area contributed by atoms with Gasteiger partial charge >= 0.3 is 0 Å². The van der Waals surface area contributed by atoms with Gasteiger partial charge in [-0.3, -0.25) is 9.78 Å². The fraction of sp³-hybridized carbons (Fsp3) is 0.474. The molecule has 5 heteroatoms. The summed E-state index contributed by atoms with van der Waals surface area (Å²) in [6.45, 7) is 2.49. The van der Waals surface area contributed by atoms with Crippen molar-refractivity contribution in [3.05, 3.63) is 35.8 Å². The minimum Gasteiger partial charge on any atom is -0.383 e. The van der Waals surface area contributed by atoms with Crippen molar-refractivity contribution in [1.29, 1.82) is 0 Å². The van der Waals surface area contributed by atoms with Crippen LogP contribution in [-0.4, -0.2) is 36.4 Å². The van der Waals surface area contributed by atoms with Crippen LogP contribution in [-0.2, 0) is 4.79 Å². The Balaban J connectivity index is 1.92. The van der Waals surface area contributed by atoms with Crippen LogP contribution in [0.15, 0.2) is 24.3 Å². The van der Waals surface area contributed by atoms with E-state index in [0.29, 0.717) is 6.54 Å². The zero-order chi connectivity index (χ0) is 17.3. The number of hydrogen-bond acceptors (Lipinski definition) is 3. The Morgan fingerprint density at radius 2 is 2.00 bits per heavy atom. The number of nitrogens with zero attached hydrogens (tertiary/aromatic N) is 2. The van der Waals surface area contributed by atoms with E-state index in [4.69, 9.17) is 0 Å². The van der Waals surface area contributed by atoms with Crippen molar-refractivity contribution in [1.82, 2.24) is 9.88 Å². The number of pyridine rings is 1. The van der Waals surface area contributed by atoms with Crippen LogP contribution < -0.4 is 5.32 Å². The molecule has 1 N–H and O–H groups in total. The second kappa shape index (κ2) is 6.38. The van der Waals surface area contributed by atoms with Crippen LogP contribution in [0.3, 0.4) is 0 Å². The number of aryl methyl sites for hydroxylation is 1. The third kappa shape index (κ3) is 3.07. The zero-order valence-corrected chi connectivity index (χ0v) is 14.5. The smallest absolute Gasteiger partial charge is 0.230 e. The number of amides is 1. The van der Waals surface area contributed by atoms with Gasteiger partial charge in [-0.15, -0.1) is 0 Å². The SMILES string of the molecule is Cc1cc(NCC2(C(=O)N(C)C)CCCC2)c2cc(F)ccc2n1. The van der Waals surface area contributed by atoms with Gasteiger partial charge in [0.05, 0.1) is 10.9 Å². The molecule has 4 nitrogen and oxygen atoms in total. The predicted octanol–water partition coefficient (Wildman–Crippen LogP) is 3.74. The summed E-state index contributed by atoms with van der Waals surface area (Å²) in [5, 5.41) is 4.18. The first-order chi connectivity index (χ1) is 11.4. The van der Waals surface area contributed by atoms with Crippen molar-refractivity contribution in [2.45, 2.75) is 32.6 Å². The molecule has 0 unspecified atom stereocenters. The molecular formula is C19H24FN3O. The van der Waals surface area contributed by atoms with Crippen LogP contribution in [0.4, 0.5) is 10.1 Å². The summed E-state index contributed by atoms with van der Waals surface area (Å²) >= 11 is 0. The lowest BCUT2D eigenvalue weighted by Gasteiger charge is -2.31. The van der Waals surface area contributed by atoms with Crippen LogP contribution in [0.25, 0.3) is 10.9 Å². The summed E-state index contributed by atoms with van der Waals surface area (Å²) in [6, 6.07) is 6.54. The van der Waals surface area contributed by atoms with Gasteiger partial charge in [0.1, 0.15) is 5.82 Å². The monoisotopic (exact) mass is 329 g/mol. The summed E-state index contributed by atoms with van der Waals surface area (Å²) in [5.41, 5.74) is 2.12. The third-order valence-corrected chi connectivity index (χ3v) is 4.94. The topological polar surface area (TPSA) is 45.2 Å². The largest absolute Gasteiger partial charge is 0.383 e. The normalized spacial score (nSPS) is 16.3. The van der Waals surface area contributed by atoms with Crippen molar-refractivity contribution < 1.29 is 9.18 Å².